The molecule has 0 saturated carbocycles. The van der Waals surface area contributed by atoms with Gasteiger partial charge in [0.05, 0.1) is 23.9 Å². The molecular weight excluding hydrogens is 296 g/mol. The third-order valence-corrected chi connectivity index (χ3v) is 3.65. The highest BCUT2D eigenvalue weighted by Crippen LogP contribution is 2.17. The van der Waals surface area contributed by atoms with E-state index in [1.54, 1.807) is 0 Å². The van der Waals surface area contributed by atoms with E-state index in [2.05, 4.69) is 14.6 Å². The molecule has 0 aliphatic carbocycles. The molecule has 0 amide bonds. The van der Waals surface area contributed by atoms with Crippen molar-refractivity contribution in [3.63, 3.8) is 0 Å². The minimum Gasteiger partial charge on any atom is -0.497 e. The van der Waals surface area contributed by atoms with E-state index in [0.717, 1.165) is 12.5 Å². The Morgan fingerprint density at radius 2 is 2.05 bits per heavy atom. The number of nitrogens with zero attached hydrogens (tertiary/aromatic N) is 4. The fourth-order valence-corrected chi connectivity index (χ4v) is 2.15. The van der Waals surface area contributed by atoms with Crippen LogP contribution < -0.4 is 4.74 Å². The van der Waals surface area contributed by atoms with Crippen LogP contribution in [0.1, 0.15) is 0 Å². The monoisotopic (exact) mass is 308 g/mol. The molecule has 1 aliphatic rings. The quantitative estimate of drug-likeness (QED) is 0.856. The molecule has 8 nitrogen and oxygen atoms in total. The Morgan fingerprint density at radius 3 is 2.67 bits per heavy atom. The van der Waals surface area contributed by atoms with Gasteiger partial charge in [0.2, 0.25) is 0 Å². The molecule has 1 N–H and O–H groups in total. The Labute approximate surface area is 121 Å². The zero-order valence-electron chi connectivity index (χ0n) is 11.0. The van der Waals surface area contributed by atoms with Crippen LogP contribution in [0.25, 0.3) is 0 Å². The Kier molecular flexibility index (Phi) is 4.45. The second kappa shape index (κ2) is 6.29. The van der Waals surface area contributed by atoms with Crippen LogP contribution in [-0.2, 0) is 10.0 Å². The lowest BCUT2D eigenvalue weighted by molar-refractivity contribution is 0.0319. The Bertz CT molecular complexity index is 720. The summed E-state index contributed by atoms with van der Waals surface area (Å²) in [5, 5.41) is 13.5. The van der Waals surface area contributed by atoms with Gasteiger partial charge in [0.25, 0.3) is 10.0 Å². The molecule has 2 rings (SSSR count). The van der Waals surface area contributed by atoms with Gasteiger partial charge >= 0.3 is 0 Å². The highest BCUT2D eigenvalue weighted by Gasteiger charge is 2.12. The number of allylic oxidation sites excluding steroid dienone is 1. The number of methoxy groups -OCH3 is 1. The van der Waals surface area contributed by atoms with Crippen LogP contribution in [0.3, 0.4) is 0 Å². The highest BCUT2D eigenvalue weighted by molar-refractivity contribution is 7.90. The minimum atomic E-state index is -3.90. The predicted octanol–water partition coefficient (Wildman–Crippen LogP) is 1.92. The number of hydrogen-bond donors (Lipinski definition) is 1. The highest BCUT2D eigenvalue weighted by atomic mass is 32.2. The van der Waals surface area contributed by atoms with Crippen molar-refractivity contribution in [2.24, 2.45) is 14.6 Å². The van der Waals surface area contributed by atoms with E-state index < -0.39 is 10.0 Å². The summed E-state index contributed by atoms with van der Waals surface area (Å²) in [4.78, 5) is 3.65. The fourth-order valence-electron chi connectivity index (χ4n) is 1.41. The van der Waals surface area contributed by atoms with Gasteiger partial charge in [0.1, 0.15) is 12.1 Å². The number of sulfonamides is 1. The van der Waals surface area contributed by atoms with Crippen molar-refractivity contribution in [2.45, 2.75) is 4.90 Å². The van der Waals surface area contributed by atoms with Gasteiger partial charge in [-0.2, -0.15) is 8.42 Å². The van der Waals surface area contributed by atoms with Crippen molar-refractivity contribution in [1.82, 2.24) is 5.06 Å². The van der Waals surface area contributed by atoms with Crippen LogP contribution in [0, 0.1) is 0 Å². The van der Waals surface area contributed by atoms with Gasteiger partial charge in [0.15, 0.2) is 0 Å². The number of ether oxygens (including phenoxy) is 1. The third-order valence-electron chi connectivity index (χ3n) is 2.47. The molecule has 0 spiro atoms. The zero-order valence-corrected chi connectivity index (χ0v) is 11.8. The molecule has 1 heterocycles. The summed E-state index contributed by atoms with van der Waals surface area (Å²) in [5.74, 6) is 0.538. The van der Waals surface area contributed by atoms with Crippen molar-refractivity contribution in [3.05, 3.63) is 48.4 Å². The molecule has 0 atom stereocenters. The third kappa shape index (κ3) is 3.74. The summed E-state index contributed by atoms with van der Waals surface area (Å²) in [5.41, 5.74) is 0.235. The molecule has 0 unspecified atom stereocenters. The van der Waals surface area contributed by atoms with Crippen LogP contribution in [0.15, 0.2) is 68.0 Å². The van der Waals surface area contributed by atoms with Crippen LogP contribution >= 0.6 is 0 Å². The second-order valence-corrected chi connectivity index (χ2v) is 5.41. The number of rotatable bonds is 4. The average Bonchev–Trinajstić information content (AvgIpc) is 2.49. The molecule has 1 aromatic rings. The molecule has 1 aliphatic heterocycles. The van der Waals surface area contributed by atoms with Crippen molar-refractivity contribution >= 4 is 16.4 Å². The van der Waals surface area contributed by atoms with Gasteiger partial charge in [-0.05, 0) is 30.3 Å². The minimum absolute atomic E-state index is 0.00736. The standard InChI is InChI=1S/C12H12N4O4S/c1-20-11-2-4-12(5-3-11)21(18,19)15-14-8-10-6-7-13-9-16(10)17/h2-9,17H,1H3. The molecule has 0 aromatic heterocycles. The summed E-state index contributed by atoms with van der Waals surface area (Å²) >= 11 is 0. The summed E-state index contributed by atoms with van der Waals surface area (Å²) in [6, 6.07) is 5.75. The van der Waals surface area contributed by atoms with Gasteiger partial charge in [-0.1, -0.05) is 4.52 Å². The lowest BCUT2D eigenvalue weighted by Gasteiger charge is -2.12. The van der Waals surface area contributed by atoms with Crippen molar-refractivity contribution in [3.8, 4) is 5.75 Å². The summed E-state index contributed by atoms with van der Waals surface area (Å²) < 4.78 is 32.0. The van der Waals surface area contributed by atoms with Crippen LogP contribution in [-0.4, -0.2) is 32.1 Å². The first-order valence-electron chi connectivity index (χ1n) is 5.72. The van der Waals surface area contributed by atoms with E-state index in [4.69, 9.17) is 4.74 Å². The smallest absolute Gasteiger partial charge is 0.299 e. The lowest BCUT2D eigenvalue weighted by Crippen LogP contribution is -2.16. The number of benzene rings is 1. The first kappa shape index (κ1) is 14.9. The van der Waals surface area contributed by atoms with Gasteiger partial charge in [-0.3, -0.25) is 5.21 Å². The molecule has 1 aromatic carbocycles. The van der Waals surface area contributed by atoms with E-state index in [0.29, 0.717) is 10.8 Å². The van der Waals surface area contributed by atoms with Crippen LogP contribution in [0.4, 0.5) is 0 Å². The molecule has 0 bridgehead atoms. The topological polar surface area (TPSA) is 104 Å². The molecule has 21 heavy (non-hydrogen) atoms. The first-order valence-corrected chi connectivity index (χ1v) is 7.16. The van der Waals surface area contributed by atoms with Crippen molar-refractivity contribution in [2.75, 3.05) is 7.11 Å². The largest absolute Gasteiger partial charge is 0.497 e. The fraction of sp³-hybridized carbons (Fsp3) is 0.0833. The number of hydroxylamine groups is 2. The summed E-state index contributed by atoms with van der Waals surface area (Å²) in [6.07, 6.45) is 5.10. The Balaban J connectivity index is 2.17. The Hall–Kier alpha value is -2.52. The molecule has 0 fully saturated rings. The predicted molar refractivity (Wildman–Crippen MR) is 74.4 cm³/mol. The summed E-state index contributed by atoms with van der Waals surface area (Å²) in [6.45, 7) is 0. The zero-order chi connectivity index (χ0) is 15.3. The first-order chi connectivity index (χ1) is 10.0. The number of aliphatic imine (C=N–C) groups is 1. The lowest BCUT2D eigenvalue weighted by atomic mass is 10.3. The molecule has 0 radical (unpaired) electrons. The molecule has 110 valence electrons. The van der Waals surface area contributed by atoms with E-state index in [-0.39, 0.29) is 10.6 Å². The van der Waals surface area contributed by atoms with Gasteiger partial charge in [-0.25, -0.2) is 10.1 Å². The van der Waals surface area contributed by atoms with Gasteiger partial charge < -0.3 is 4.74 Å². The van der Waals surface area contributed by atoms with Crippen LogP contribution in [0.2, 0.25) is 0 Å². The summed E-state index contributed by atoms with van der Waals surface area (Å²) in [7, 11) is -2.42. The van der Waals surface area contributed by atoms with E-state index in [1.807, 2.05) is 0 Å². The molecule has 9 heteroatoms. The maximum Gasteiger partial charge on any atom is 0.299 e. The SMILES string of the molecule is COc1ccc(S(=O)(=O)N=NC=C2C=CN=CN2O)cc1. The van der Waals surface area contributed by atoms with Gasteiger partial charge in [-0.15, -0.1) is 5.11 Å². The van der Waals surface area contributed by atoms with Crippen molar-refractivity contribution < 1.29 is 18.4 Å². The average molecular weight is 308 g/mol. The number of hydrogen-bond acceptors (Lipinski definition) is 7. The second-order valence-electron chi connectivity index (χ2n) is 3.83. The Morgan fingerprint density at radius 1 is 1.33 bits per heavy atom. The van der Waals surface area contributed by atoms with Crippen molar-refractivity contribution in [1.29, 1.82) is 0 Å². The normalized spacial score (nSPS) is 16.9. The van der Waals surface area contributed by atoms with E-state index in [1.165, 1.54) is 43.7 Å². The molecular formula is C12H12N4O4S. The van der Waals surface area contributed by atoms with Crippen LogP contribution in [0.5, 0.6) is 5.75 Å². The maximum atomic E-state index is 11.9. The molecule has 0 saturated heterocycles. The van der Waals surface area contributed by atoms with E-state index in [9.17, 15) is 13.6 Å². The van der Waals surface area contributed by atoms with Gasteiger partial charge in [0, 0.05) is 6.20 Å². The van der Waals surface area contributed by atoms with E-state index >= 15 is 0 Å². The maximum absolute atomic E-state index is 11.9.